The van der Waals surface area contributed by atoms with E-state index in [9.17, 15) is 8.42 Å². The fourth-order valence-electron chi connectivity index (χ4n) is 2.28. The van der Waals surface area contributed by atoms with Crippen LogP contribution in [0.2, 0.25) is 0 Å². The van der Waals surface area contributed by atoms with Crippen LogP contribution in [0.25, 0.3) is 11.3 Å². The van der Waals surface area contributed by atoms with Crippen molar-refractivity contribution in [3.05, 3.63) is 65.0 Å². The predicted octanol–water partition coefficient (Wildman–Crippen LogP) is 3.81. The van der Waals surface area contributed by atoms with Gasteiger partial charge in [-0.15, -0.1) is 11.3 Å². The molecule has 27 heavy (non-hydrogen) atoms. The summed E-state index contributed by atoms with van der Waals surface area (Å²) < 4.78 is 25.4. The third kappa shape index (κ3) is 4.60. The number of hydrogen-bond donors (Lipinski definition) is 1. The number of aromatic nitrogens is 1. The zero-order chi connectivity index (χ0) is 19.4. The van der Waals surface area contributed by atoms with E-state index >= 15 is 0 Å². The number of rotatable bonds is 6. The van der Waals surface area contributed by atoms with Crippen LogP contribution in [0.1, 0.15) is 11.1 Å². The molecule has 1 aromatic heterocycles. The number of hydrogen-bond acceptors (Lipinski definition) is 6. The Bertz CT molecular complexity index is 1040. The van der Waals surface area contributed by atoms with Gasteiger partial charge in [0.1, 0.15) is 0 Å². The van der Waals surface area contributed by atoms with E-state index in [1.165, 1.54) is 35.3 Å². The van der Waals surface area contributed by atoms with E-state index < -0.39 is 10.0 Å². The number of hydrazone groups is 1. The van der Waals surface area contributed by atoms with Crippen LogP contribution in [-0.2, 0) is 10.0 Å². The van der Waals surface area contributed by atoms with Crippen molar-refractivity contribution in [2.75, 3.05) is 19.5 Å². The predicted molar refractivity (Wildman–Crippen MR) is 111 cm³/mol. The van der Waals surface area contributed by atoms with E-state index in [4.69, 9.17) is 0 Å². The first-order valence-electron chi connectivity index (χ1n) is 8.20. The van der Waals surface area contributed by atoms with Gasteiger partial charge in [-0.1, -0.05) is 42.0 Å². The molecule has 3 aromatic rings. The molecule has 1 heterocycles. The lowest BCUT2D eigenvalue weighted by Gasteiger charge is -2.11. The second-order valence-corrected chi connectivity index (χ2v) is 9.14. The largest absolute Gasteiger partial charge is 0.253 e. The number of nitrogens with zero attached hydrogens (tertiary/aromatic N) is 3. The lowest BCUT2D eigenvalue weighted by atomic mass is 10.2. The van der Waals surface area contributed by atoms with Crippen molar-refractivity contribution in [3.8, 4) is 11.3 Å². The summed E-state index contributed by atoms with van der Waals surface area (Å²) in [6.07, 6.45) is 1.74. The van der Waals surface area contributed by atoms with Crippen molar-refractivity contribution in [2.24, 2.45) is 5.10 Å². The van der Waals surface area contributed by atoms with E-state index in [0.717, 1.165) is 16.8 Å². The normalized spacial score (nSPS) is 12.0. The Kier molecular flexibility index (Phi) is 5.69. The maximum absolute atomic E-state index is 12.1. The van der Waals surface area contributed by atoms with Crippen LogP contribution in [0, 0.1) is 6.92 Å². The maximum Gasteiger partial charge on any atom is 0.242 e. The van der Waals surface area contributed by atoms with Crippen LogP contribution in [-0.4, -0.2) is 38.0 Å². The van der Waals surface area contributed by atoms with Gasteiger partial charge >= 0.3 is 0 Å². The van der Waals surface area contributed by atoms with Crippen molar-refractivity contribution in [1.82, 2.24) is 9.29 Å². The summed E-state index contributed by atoms with van der Waals surface area (Å²) in [5.74, 6) is 0. The molecule has 0 unspecified atom stereocenters. The minimum absolute atomic E-state index is 0.257. The molecular weight excluding hydrogens is 380 g/mol. The lowest BCUT2D eigenvalue weighted by Crippen LogP contribution is -2.22. The number of sulfonamides is 1. The smallest absolute Gasteiger partial charge is 0.242 e. The van der Waals surface area contributed by atoms with Gasteiger partial charge < -0.3 is 0 Å². The highest BCUT2D eigenvalue weighted by atomic mass is 32.2. The Hall–Kier alpha value is -2.55. The van der Waals surface area contributed by atoms with Gasteiger partial charge in [-0.25, -0.2) is 17.7 Å². The Balaban J connectivity index is 1.69. The SMILES string of the molecule is Cc1ccc(/C=N\Nc2nc(-c3ccc(S(=O)(=O)N(C)C)cc3)cs2)cc1. The molecular formula is C19H20N4O2S2. The molecule has 2 aromatic carbocycles. The highest BCUT2D eigenvalue weighted by Crippen LogP contribution is 2.26. The molecule has 0 bridgehead atoms. The standard InChI is InChI=1S/C19H20N4O2S2/c1-14-4-6-15(7-5-14)12-20-22-19-21-18(13-26-19)16-8-10-17(11-9-16)27(24,25)23(2)3/h4-13H,1-3H3,(H,21,22)/b20-12-. The first-order chi connectivity index (χ1) is 12.9. The highest BCUT2D eigenvalue weighted by molar-refractivity contribution is 7.89. The van der Waals surface area contributed by atoms with Crippen molar-refractivity contribution in [1.29, 1.82) is 0 Å². The molecule has 0 aliphatic rings. The van der Waals surface area contributed by atoms with E-state index in [2.05, 4.69) is 15.5 Å². The number of benzene rings is 2. The summed E-state index contributed by atoms with van der Waals surface area (Å²) in [7, 11) is -0.402. The minimum atomic E-state index is -3.43. The van der Waals surface area contributed by atoms with Gasteiger partial charge in [0.2, 0.25) is 15.2 Å². The average molecular weight is 401 g/mol. The second-order valence-electron chi connectivity index (χ2n) is 6.13. The molecule has 3 rings (SSSR count). The molecule has 0 saturated carbocycles. The third-order valence-corrected chi connectivity index (χ3v) is 6.46. The average Bonchev–Trinajstić information content (AvgIpc) is 3.12. The second kappa shape index (κ2) is 7.99. The molecule has 0 aliphatic carbocycles. The molecule has 0 radical (unpaired) electrons. The molecule has 0 saturated heterocycles. The van der Waals surface area contributed by atoms with E-state index in [1.807, 2.05) is 36.6 Å². The van der Waals surface area contributed by atoms with Crippen LogP contribution >= 0.6 is 11.3 Å². The summed E-state index contributed by atoms with van der Waals surface area (Å²) in [5.41, 5.74) is 6.74. The minimum Gasteiger partial charge on any atom is -0.253 e. The molecule has 0 atom stereocenters. The third-order valence-electron chi connectivity index (χ3n) is 3.88. The van der Waals surface area contributed by atoms with Crippen LogP contribution in [0.15, 0.2) is 63.9 Å². The Morgan fingerprint density at radius 1 is 1.07 bits per heavy atom. The summed E-state index contributed by atoms with van der Waals surface area (Å²) in [6.45, 7) is 2.04. The van der Waals surface area contributed by atoms with Crippen molar-refractivity contribution >= 4 is 32.7 Å². The molecule has 140 valence electrons. The van der Waals surface area contributed by atoms with Crippen LogP contribution in [0.3, 0.4) is 0 Å². The number of anilines is 1. The zero-order valence-electron chi connectivity index (χ0n) is 15.2. The molecule has 6 nitrogen and oxygen atoms in total. The van der Waals surface area contributed by atoms with Crippen molar-refractivity contribution < 1.29 is 8.42 Å². The summed E-state index contributed by atoms with van der Waals surface area (Å²) in [5, 5.41) is 6.77. The maximum atomic E-state index is 12.1. The monoisotopic (exact) mass is 400 g/mol. The van der Waals surface area contributed by atoms with Crippen LogP contribution in [0.4, 0.5) is 5.13 Å². The summed E-state index contributed by atoms with van der Waals surface area (Å²) >= 11 is 1.43. The molecule has 1 N–H and O–H groups in total. The molecule has 0 amide bonds. The number of nitrogens with one attached hydrogen (secondary N) is 1. The van der Waals surface area contributed by atoms with Crippen LogP contribution in [0.5, 0.6) is 0 Å². The van der Waals surface area contributed by atoms with Gasteiger partial charge in [0.15, 0.2) is 0 Å². The zero-order valence-corrected chi connectivity index (χ0v) is 16.9. The van der Waals surface area contributed by atoms with E-state index in [-0.39, 0.29) is 4.90 Å². The Labute approximate surface area is 163 Å². The van der Waals surface area contributed by atoms with Crippen LogP contribution < -0.4 is 5.43 Å². The van der Waals surface area contributed by atoms with E-state index in [0.29, 0.717) is 5.13 Å². The quantitative estimate of drug-likeness (QED) is 0.504. The highest BCUT2D eigenvalue weighted by Gasteiger charge is 2.17. The van der Waals surface area contributed by atoms with Gasteiger partial charge in [0, 0.05) is 25.0 Å². The molecule has 0 fully saturated rings. The first kappa shape index (κ1) is 19.2. The molecule has 0 aliphatic heterocycles. The summed E-state index contributed by atoms with van der Waals surface area (Å²) in [4.78, 5) is 4.74. The topological polar surface area (TPSA) is 74.7 Å². The molecule has 0 spiro atoms. The fraction of sp³-hybridized carbons (Fsp3) is 0.158. The van der Waals surface area contributed by atoms with Gasteiger partial charge in [0.05, 0.1) is 16.8 Å². The van der Waals surface area contributed by atoms with Gasteiger partial charge in [0.25, 0.3) is 0 Å². The van der Waals surface area contributed by atoms with Crippen molar-refractivity contribution in [3.63, 3.8) is 0 Å². The Morgan fingerprint density at radius 2 is 1.74 bits per heavy atom. The first-order valence-corrected chi connectivity index (χ1v) is 10.5. The van der Waals surface area contributed by atoms with Crippen molar-refractivity contribution in [2.45, 2.75) is 11.8 Å². The summed E-state index contributed by atoms with van der Waals surface area (Å²) in [6, 6.07) is 14.7. The van der Waals surface area contributed by atoms with E-state index in [1.54, 1.807) is 30.5 Å². The lowest BCUT2D eigenvalue weighted by molar-refractivity contribution is 0.521. The van der Waals surface area contributed by atoms with Gasteiger partial charge in [-0.05, 0) is 24.6 Å². The molecule has 8 heteroatoms. The van der Waals surface area contributed by atoms with Gasteiger partial charge in [-0.3, -0.25) is 5.43 Å². The Morgan fingerprint density at radius 3 is 2.37 bits per heavy atom. The fourth-order valence-corrected chi connectivity index (χ4v) is 3.85. The van der Waals surface area contributed by atoms with Gasteiger partial charge in [-0.2, -0.15) is 5.10 Å². The number of thiazole rings is 1. The number of aryl methyl sites for hydroxylation is 1.